The van der Waals surface area contributed by atoms with Crippen LogP contribution in [0.3, 0.4) is 0 Å². The highest BCUT2D eigenvalue weighted by Gasteiger charge is 2.04. The van der Waals surface area contributed by atoms with E-state index in [0.717, 1.165) is 23.9 Å². The fraction of sp³-hybridized carbons (Fsp3) is 0.273. The van der Waals surface area contributed by atoms with Gasteiger partial charge in [-0.25, -0.2) is 4.98 Å². The lowest BCUT2D eigenvalue weighted by molar-refractivity contribution is 0.674. The van der Waals surface area contributed by atoms with Crippen LogP contribution in [0.4, 0.5) is 0 Å². The Bertz CT molecular complexity index is 510. The average Bonchev–Trinajstić information content (AvgIpc) is 2.64. The van der Waals surface area contributed by atoms with E-state index in [1.54, 1.807) is 6.20 Å². The molecule has 0 bridgehead atoms. The zero-order valence-electron chi connectivity index (χ0n) is 8.15. The highest BCUT2D eigenvalue weighted by molar-refractivity contribution is 6.34. The van der Waals surface area contributed by atoms with Crippen molar-refractivity contribution in [2.45, 2.75) is 19.4 Å². The van der Waals surface area contributed by atoms with Gasteiger partial charge in [-0.15, -0.1) is 0 Å². The molecule has 0 aliphatic heterocycles. The van der Waals surface area contributed by atoms with Gasteiger partial charge in [-0.05, 0) is 18.6 Å². The van der Waals surface area contributed by atoms with Gasteiger partial charge in [0, 0.05) is 30.7 Å². The Balaban J connectivity index is 2.30. The Morgan fingerprint density at radius 1 is 1.47 bits per heavy atom. The normalized spacial score (nSPS) is 10.4. The lowest BCUT2D eigenvalue weighted by atomic mass is 10.3. The van der Waals surface area contributed by atoms with Gasteiger partial charge in [0.15, 0.2) is 0 Å². The molecule has 2 aromatic rings. The fourth-order valence-electron chi connectivity index (χ4n) is 1.61. The highest BCUT2D eigenvalue weighted by atomic mass is 35.5. The van der Waals surface area contributed by atoms with E-state index in [0.29, 0.717) is 11.6 Å². The van der Waals surface area contributed by atoms with Gasteiger partial charge in [0.05, 0.1) is 11.6 Å². The summed E-state index contributed by atoms with van der Waals surface area (Å²) in [6, 6.07) is 6.03. The second kappa shape index (κ2) is 4.33. The standard InChI is InChI=1S/C11H10ClN3/c12-11-9-4-8-15(7-2-1-5-13)10(9)3-6-14-11/h3-4,6,8H,1-2,7H2. The third-order valence-corrected chi connectivity index (χ3v) is 2.64. The Kier molecular flexibility index (Phi) is 2.89. The number of hydrogen-bond acceptors (Lipinski definition) is 2. The van der Waals surface area contributed by atoms with E-state index in [2.05, 4.69) is 15.6 Å². The maximum absolute atomic E-state index is 8.46. The van der Waals surface area contributed by atoms with Gasteiger partial charge in [0.1, 0.15) is 5.15 Å². The summed E-state index contributed by atoms with van der Waals surface area (Å²) in [5.41, 5.74) is 1.08. The first kappa shape index (κ1) is 10.0. The number of aromatic nitrogens is 2. The molecule has 2 heterocycles. The second-order valence-electron chi connectivity index (χ2n) is 3.31. The molecular formula is C11H10ClN3. The minimum absolute atomic E-state index is 0.534. The third kappa shape index (κ3) is 1.95. The quantitative estimate of drug-likeness (QED) is 0.588. The fourth-order valence-corrected chi connectivity index (χ4v) is 1.83. The number of fused-ring (bicyclic) bond motifs is 1. The molecule has 0 spiro atoms. The van der Waals surface area contributed by atoms with Gasteiger partial charge in [-0.1, -0.05) is 11.6 Å². The largest absolute Gasteiger partial charge is 0.347 e. The third-order valence-electron chi connectivity index (χ3n) is 2.34. The summed E-state index contributed by atoms with van der Waals surface area (Å²) in [7, 11) is 0. The molecule has 0 atom stereocenters. The van der Waals surface area contributed by atoms with E-state index < -0.39 is 0 Å². The molecule has 2 rings (SSSR count). The van der Waals surface area contributed by atoms with E-state index in [-0.39, 0.29) is 0 Å². The number of unbranched alkanes of at least 4 members (excludes halogenated alkanes) is 1. The molecule has 0 saturated carbocycles. The maximum atomic E-state index is 8.46. The molecule has 0 aromatic carbocycles. The number of hydrogen-bond donors (Lipinski definition) is 0. The van der Waals surface area contributed by atoms with Crippen molar-refractivity contribution in [2.75, 3.05) is 0 Å². The molecule has 76 valence electrons. The van der Waals surface area contributed by atoms with Crippen LogP contribution in [-0.4, -0.2) is 9.55 Å². The van der Waals surface area contributed by atoms with E-state index in [1.807, 2.05) is 18.3 Å². The molecule has 3 nitrogen and oxygen atoms in total. The lowest BCUT2D eigenvalue weighted by Crippen LogP contribution is -1.95. The monoisotopic (exact) mass is 219 g/mol. The van der Waals surface area contributed by atoms with Crippen molar-refractivity contribution in [1.29, 1.82) is 5.26 Å². The van der Waals surface area contributed by atoms with Crippen molar-refractivity contribution >= 4 is 22.5 Å². The van der Waals surface area contributed by atoms with Crippen molar-refractivity contribution in [2.24, 2.45) is 0 Å². The number of halogens is 1. The predicted molar refractivity (Wildman–Crippen MR) is 59.6 cm³/mol. The number of pyridine rings is 1. The SMILES string of the molecule is N#CCCCn1ccc2c(Cl)nccc21. The van der Waals surface area contributed by atoms with Crippen molar-refractivity contribution in [3.05, 3.63) is 29.7 Å². The van der Waals surface area contributed by atoms with Crippen LogP contribution in [0.5, 0.6) is 0 Å². The molecule has 0 N–H and O–H groups in total. The molecule has 0 unspecified atom stereocenters. The number of nitriles is 1. The number of aryl methyl sites for hydroxylation is 1. The molecule has 0 saturated heterocycles. The molecule has 0 aliphatic carbocycles. The molecule has 4 heteroatoms. The van der Waals surface area contributed by atoms with Gasteiger partial charge in [-0.2, -0.15) is 5.26 Å². The van der Waals surface area contributed by atoms with Crippen molar-refractivity contribution in [1.82, 2.24) is 9.55 Å². The van der Waals surface area contributed by atoms with Gasteiger partial charge in [-0.3, -0.25) is 0 Å². The molecule has 0 aliphatic rings. The minimum atomic E-state index is 0.534. The summed E-state index contributed by atoms with van der Waals surface area (Å²) < 4.78 is 2.10. The minimum Gasteiger partial charge on any atom is -0.347 e. The first-order valence-corrected chi connectivity index (χ1v) is 5.17. The second-order valence-corrected chi connectivity index (χ2v) is 3.66. The Morgan fingerprint density at radius 2 is 2.33 bits per heavy atom. The summed E-state index contributed by atoms with van der Waals surface area (Å²) in [5.74, 6) is 0. The maximum Gasteiger partial charge on any atom is 0.138 e. The molecule has 0 amide bonds. The Hall–Kier alpha value is -1.53. The first-order chi connectivity index (χ1) is 7.33. The van der Waals surface area contributed by atoms with Crippen LogP contribution in [0.15, 0.2) is 24.5 Å². The van der Waals surface area contributed by atoms with Crippen LogP contribution < -0.4 is 0 Å². The molecule has 0 radical (unpaired) electrons. The Morgan fingerprint density at radius 3 is 3.13 bits per heavy atom. The van der Waals surface area contributed by atoms with Gasteiger partial charge < -0.3 is 4.57 Å². The number of nitrogens with zero attached hydrogens (tertiary/aromatic N) is 3. The van der Waals surface area contributed by atoms with E-state index >= 15 is 0 Å². The van der Waals surface area contributed by atoms with E-state index in [9.17, 15) is 0 Å². The van der Waals surface area contributed by atoms with E-state index in [4.69, 9.17) is 16.9 Å². The van der Waals surface area contributed by atoms with Crippen molar-refractivity contribution in [3.63, 3.8) is 0 Å². The van der Waals surface area contributed by atoms with E-state index in [1.165, 1.54) is 0 Å². The number of rotatable bonds is 3. The van der Waals surface area contributed by atoms with Gasteiger partial charge >= 0.3 is 0 Å². The smallest absolute Gasteiger partial charge is 0.138 e. The zero-order chi connectivity index (χ0) is 10.7. The lowest BCUT2D eigenvalue weighted by Gasteiger charge is -2.02. The van der Waals surface area contributed by atoms with Crippen LogP contribution in [0, 0.1) is 11.3 Å². The predicted octanol–water partition coefficient (Wildman–Crippen LogP) is 2.99. The molecule has 0 fully saturated rings. The van der Waals surface area contributed by atoms with Crippen LogP contribution in [0.1, 0.15) is 12.8 Å². The van der Waals surface area contributed by atoms with Crippen molar-refractivity contribution < 1.29 is 0 Å². The summed E-state index contributed by atoms with van der Waals surface area (Å²) in [5, 5.41) is 9.96. The topological polar surface area (TPSA) is 41.6 Å². The molecular weight excluding hydrogens is 210 g/mol. The summed E-state index contributed by atoms with van der Waals surface area (Å²) >= 11 is 5.95. The first-order valence-electron chi connectivity index (χ1n) is 4.79. The van der Waals surface area contributed by atoms with Gasteiger partial charge in [0.25, 0.3) is 0 Å². The van der Waals surface area contributed by atoms with Crippen LogP contribution >= 0.6 is 11.6 Å². The van der Waals surface area contributed by atoms with Crippen LogP contribution in [-0.2, 0) is 6.54 Å². The molecule has 2 aromatic heterocycles. The van der Waals surface area contributed by atoms with Crippen molar-refractivity contribution in [3.8, 4) is 6.07 Å². The summed E-state index contributed by atoms with van der Waals surface area (Å²) in [4.78, 5) is 4.02. The zero-order valence-corrected chi connectivity index (χ0v) is 8.91. The van der Waals surface area contributed by atoms with Crippen LogP contribution in [0.25, 0.3) is 10.9 Å². The van der Waals surface area contributed by atoms with Gasteiger partial charge in [0.2, 0.25) is 0 Å². The summed E-state index contributed by atoms with van der Waals surface area (Å²) in [6.45, 7) is 0.845. The highest BCUT2D eigenvalue weighted by Crippen LogP contribution is 2.22. The average molecular weight is 220 g/mol. The van der Waals surface area contributed by atoms with Crippen LogP contribution in [0.2, 0.25) is 5.15 Å². The molecule has 15 heavy (non-hydrogen) atoms. The summed E-state index contributed by atoms with van der Waals surface area (Å²) in [6.07, 6.45) is 5.12. The Labute approximate surface area is 92.9 Å².